The molecular formula is C10H17NO3. The van der Waals surface area contributed by atoms with Crippen molar-refractivity contribution in [2.75, 3.05) is 13.2 Å². The summed E-state index contributed by atoms with van der Waals surface area (Å²) in [6.07, 6.45) is 1.23. The van der Waals surface area contributed by atoms with Crippen molar-refractivity contribution in [3.8, 4) is 6.07 Å². The SMILES string of the molecule is CC1CC(C#N)(OCCO)CC(C)O1. The van der Waals surface area contributed by atoms with E-state index in [0.717, 1.165) is 0 Å². The smallest absolute Gasteiger partial charge is 0.159 e. The van der Waals surface area contributed by atoms with Gasteiger partial charge in [-0.3, -0.25) is 0 Å². The van der Waals surface area contributed by atoms with E-state index in [0.29, 0.717) is 12.8 Å². The minimum atomic E-state index is -0.764. The van der Waals surface area contributed by atoms with Crippen LogP contribution in [0.15, 0.2) is 0 Å². The normalized spacial score (nSPS) is 37.9. The van der Waals surface area contributed by atoms with Crippen LogP contribution < -0.4 is 0 Å². The number of hydrogen-bond donors (Lipinski definition) is 1. The zero-order valence-corrected chi connectivity index (χ0v) is 8.69. The van der Waals surface area contributed by atoms with Gasteiger partial charge < -0.3 is 14.6 Å². The van der Waals surface area contributed by atoms with Crippen molar-refractivity contribution in [3.05, 3.63) is 0 Å². The maximum absolute atomic E-state index is 9.09. The molecule has 80 valence electrons. The molecule has 1 fully saturated rings. The summed E-state index contributed by atoms with van der Waals surface area (Å²) in [4.78, 5) is 0. The molecule has 0 bridgehead atoms. The maximum Gasteiger partial charge on any atom is 0.159 e. The van der Waals surface area contributed by atoms with Gasteiger partial charge in [0.05, 0.1) is 31.5 Å². The molecular weight excluding hydrogens is 182 g/mol. The highest BCUT2D eigenvalue weighted by Crippen LogP contribution is 2.31. The van der Waals surface area contributed by atoms with E-state index in [1.807, 2.05) is 13.8 Å². The van der Waals surface area contributed by atoms with Gasteiger partial charge in [0.15, 0.2) is 5.60 Å². The van der Waals surface area contributed by atoms with Crippen molar-refractivity contribution in [3.63, 3.8) is 0 Å². The highest BCUT2D eigenvalue weighted by atomic mass is 16.5. The minimum absolute atomic E-state index is 0.0390. The van der Waals surface area contributed by atoms with Crippen LogP contribution in [0.2, 0.25) is 0 Å². The number of nitriles is 1. The Balaban J connectivity index is 2.63. The topological polar surface area (TPSA) is 62.5 Å². The Kier molecular flexibility index (Phi) is 3.87. The van der Waals surface area contributed by atoms with E-state index in [2.05, 4.69) is 6.07 Å². The third kappa shape index (κ3) is 2.68. The quantitative estimate of drug-likeness (QED) is 0.731. The van der Waals surface area contributed by atoms with Crippen LogP contribution in [0.3, 0.4) is 0 Å². The molecule has 0 amide bonds. The predicted octanol–water partition coefficient (Wildman–Crippen LogP) is 0.845. The van der Waals surface area contributed by atoms with Gasteiger partial charge in [-0.2, -0.15) is 5.26 Å². The Morgan fingerprint density at radius 3 is 2.50 bits per heavy atom. The summed E-state index contributed by atoms with van der Waals surface area (Å²) in [5, 5.41) is 17.8. The van der Waals surface area contributed by atoms with E-state index in [1.165, 1.54) is 0 Å². The minimum Gasteiger partial charge on any atom is -0.394 e. The van der Waals surface area contributed by atoms with E-state index < -0.39 is 5.60 Å². The van der Waals surface area contributed by atoms with Crippen LogP contribution in [0.1, 0.15) is 26.7 Å². The Labute approximate surface area is 84.4 Å². The molecule has 1 aliphatic heterocycles. The summed E-state index contributed by atoms with van der Waals surface area (Å²) >= 11 is 0. The number of aliphatic hydroxyl groups excluding tert-OH is 1. The van der Waals surface area contributed by atoms with Gasteiger partial charge in [0.25, 0.3) is 0 Å². The third-order valence-corrected chi connectivity index (χ3v) is 2.37. The van der Waals surface area contributed by atoms with E-state index >= 15 is 0 Å². The summed E-state index contributed by atoms with van der Waals surface area (Å²) in [5.41, 5.74) is -0.764. The molecule has 0 saturated carbocycles. The Morgan fingerprint density at radius 1 is 1.50 bits per heavy atom. The molecule has 0 spiro atoms. The molecule has 0 aromatic heterocycles. The standard InChI is InChI=1S/C10H17NO3/c1-8-5-10(7-11,13-4-3-12)6-9(2)14-8/h8-9,12H,3-6H2,1-2H3. The first kappa shape index (κ1) is 11.4. The van der Waals surface area contributed by atoms with Gasteiger partial charge in [-0.15, -0.1) is 0 Å². The summed E-state index contributed by atoms with van der Waals surface area (Å²) in [5.74, 6) is 0. The first-order chi connectivity index (χ1) is 6.62. The van der Waals surface area contributed by atoms with Crippen molar-refractivity contribution in [2.45, 2.75) is 44.5 Å². The fourth-order valence-electron chi connectivity index (χ4n) is 1.99. The van der Waals surface area contributed by atoms with E-state index in [9.17, 15) is 0 Å². The van der Waals surface area contributed by atoms with E-state index in [-0.39, 0.29) is 25.4 Å². The van der Waals surface area contributed by atoms with Crippen LogP contribution in [-0.4, -0.2) is 36.1 Å². The molecule has 0 radical (unpaired) electrons. The number of aliphatic hydroxyl groups is 1. The monoisotopic (exact) mass is 199 g/mol. The van der Waals surface area contributed by atoms with Crippen molar-refractivity contribution >= 4 is 0 Å². The average molecular weight is 199 g/mol. The lowest BCUT2D eigenvalue weighted by atomic mass is 9.89. The summed E-state index contributed by atoms with van der Waals surface area (Å²) in [6.45, 7) is 4.04. The second-order valence-corrected chi connectivity index (χ2v) is 3.84. The van der Waals surface area contributed by atoms with Crippen molar-refractivity contribution in [2.24, 2.45) is 0 Å². The number of rotatable bonds is 3. The summed E-state index contributed by atoms with van der Waals surface area (Å²) < 4.78 is 10.9. The van der Waals surface area contributed by atoms with Gasteiger partial charge in [-0.1, -0.05) is 0 Å². The van der Waals surface area contributed by atoms with Gasteiger partial charge in [-0.05, 0) is 13.8 Å². The number of hydrogen-bond acceptors (Lipinski definition) is 4. The zero-order chi connectivity index (χ0) is 10.6. The van der Waals surface area contributed by atoms with Gasteiger partial charge in [-0.25, -0.2) is 0 Å². The molecule has 1 rings (SSSR count). The molecule has 2 unspecified atom stereocenters. The van der Waals surface area contributed by atoms with Crippen LogP contribution in [0.25, 0.3) is 0 Å². The number of ether oxygens (including phenoxy) is 2. The molecule has 1 heterocycles. The molecule has 4 heteroatoms. The Hall–Kier alpha value is -0.630. The molecule has 14 heavy (non-hydrogen) atoms. The van der Waals surface area contributed by atoms with Crippen LogP contribution in [0.4, 0.5) is 0 Å². The summed E-state index contributed by atoms with van der Waals surface area (Å²) in [7, 11) is 0. The Bertz CT molecular complexity index is 214. The maximum atomic E-state index is 9.09. The molecule has 2 atom stereocenters. The first-order valence-corrected chi connectivity index (χ1v) is 4.93. The Morgan fingerprint density at radius 2 is 2.07 bits per heavy atom. The van der Waals surface area contributed by atoms with Crippen molar-refractivity contribution < 1.29 is 14.6 Å². The molecule has 4 nitrogen and oxygen atoms in total. The van der Waals surface area contributed by atoms with Crippen LogP contribution in [0.5, 0.6) is 0 Å². The van der Waals surface area contributed by atoms with Gasteiger partial charge in [0.1, 0.15) is 0 Å². The van der Waals surface area contributed by atoms with Crippen LogP contribution in [0, 0.1) is 11.3 Å². The van der Waals surface area contributed by atoms with Gasteiger partial charge in [0, 0.05) is 12.8 Å². The average Bonchev–Trinajstić information content (AvgIpc) is 2.13. The van der Waals surface area contributed by atoms with E-state index in [1.54, 1.807) is 0 Å². The zero-order valence-electron chi connectivity index (χ0n) is 8.69. The van der Waals surface area contributed by atoms with E-state index in [4.69, 9.17) is 19.8 Å². The second kappa shape index (κ2) is 4.74. The fraction of sp³-hybridized carbons (Fsp3) is 0.900. The lowest BCUT2D eigenvalue weighted by Gasteiger charge is -2.37. The van der Waals surface area contributed by atoms with Crippen LogP contribution >= 0.6 is 0 Å². The first-order valence-electron chi connectivity index (χ1n) is 4.93. The lowest BCUT2D eigenvalue weighted by Crippen LogP contribution is -2.44. The molecule has 1 saturated heterocycles. The van der Waals surface area contributed by atoms with Gasteiger partial charge >= 0.3 is 0 Å². The largest absolute Gasteiger partial charge is 0.394 e. The number of nitrogens with zero attached hydrogens (tertiary/aromatic N) is 1. The fourth-order valence-corrected chi connectivity index (χ4v) is 1.99. The lowest BCUT2D eigenvalue weighted by molar-refractivity contribution is -0.137. The highest BCUT2D eigenvalue weighted by molar-refractivity contribution is 5.06. The third-order valence-electron chi connectivity index (χ3n) is 2.37. The molecule has 1 N–H and O–H groups in total. The second-order valence-electron chi connectivity index (χ2n) is 3.84. The predicted molar refractivity (Wildman–Crippen MR) is 50.6 cm³/mol. The van der Waals surface area contributed by atoms with Crippen molar-refractivity contribution in [1.29, 1.82) is 5.26 Å². The highest BCUT2D eigenvalue weighted by Gasteiger charge is 2.39. The molecule has 0 aromatic rings. The van der Waals surface area contributed by atoms with Crippen LogP contribution in [-0.2, 0) is 9.47 Å². The molecule has 1 aliphatic rings. The van der Waals surface area contributed by atoms with Gasteiger partial charge in [0.2, 0.25) is 0 Å². The summed E-state index contributed by atoms with van der Waals surface area (Å²) in [6, 6.07) is 2.20. The van der Waals surface area contributed by atoms with Crippen molar-refractivity contribution in [1.82, 2.24) is 0 Å². The molecule has 0 aliphatic carbocycles. The molecule has 0 aromatic carbocycles.